The molecular weight excluding hydrogens is 299 g/mol. The minimum absolute atomic E-state index is 0.571. The highest BCUT2D eigenvalue weighted by atomic mass is 35.5. The average Bonchev–Trinajstić information content (AvgIpc) is 2.99. The van der Waals surface area contributed by atoms with Gasteiger partial charge in [-0.3, -0.25) is 0 Å². The Morgan fingerprint density at radius 1 is 1.26 bits per heavy atom. The van der Waals surface area contributed by atoms with Crippen molar-refractivity contribution in [1.29, 1.82) is 0 Å². The predicted octanol–water partition coefficient (Wildman–Crippen LogP) is 4.58. The third-order valence-corrected chi connectivity index (χ3v) is 4.29. The number of benzene rings is 1. The van der Waals surface area contributed by atoms with Crippen LogP contribution >= 0.6 is 34.5 Å². The van der Waals surface area contributed by atoms with Crippen molar-refractivity contribution in [3.8, 4) is 0 Å². The highest BCUT2D eigenvalue weighted by Gasteiger charge is 2.11. The van der Waals surface area contributed by atoms with E-state index in [1.807, 2.05) is 18.2 Å². The van der Waals surface area contributed by atoms with Gasteiger partial charge < -0.3 is 4.57 Å². The van der Waals surface area contributed by atoms with Gasteiger partial charge in [-0.05, 0) is 29.6 Å². The molecule has 0 aliphatic carbocycles. The van der Waals surface area contributed by atoms with Gasteiger partial charge in [0.15, 0.2) is 0 Å². The van der Waals surface area contributed by atoms with Gasteiger partial charge in [0.05, 0.1) is 17.6 Å². The lowest BCUT2D eigenvalue weighted by atomic mass is 10.3. The lowest BCUT2D eigenvalue weighted by Gasteiger charge is -2.06. The number of alkyl halides is 1. The first-order valence-electron chi connectivity index (χ1n) is 6.01. The van der Waals surface area contributed by atoms with E-state index in [2.05, 4.69) is 27.1 Å². The average molecular weight is 311 g/mol. The molecule has 98 valence electrons. The summed E-state index contributed by atoms with van der Waals surface area (Å²) < 4.78 is 2.22. The lowest BCUT2D eigenvalue weighted by Crippen LogP contribution is -2.04. The molecule has 1 aromatic carbocycles. The summed E-state index contributed by atoms with van der Waals surface area (Å²) in [5, 5.41) is 2.80. The first-order valence-corrected chi connectivity index (χ1v) is 7.80. The standard InChI is InChI=1S/C14H12Cl2N2S/c15-6-5-14-17-12-8-10(16)3-4-13(12)18(14)9-11-2-1-7-19-11/h1-4,7-8H,5-6,9H2. The zero-order valence-electron chi connectivity index (χ0n) is 10.1. The molecule has 2 nitrogen and oxygen atoms in total. The molecule has 3 aromatic rings. The van der Waals surface area contributed by atoms with Gasteiger partial charge in [0.1, 0.15) is 5.82 Å². The molecule has 3 rings (SSSR count). The molecule has 0 fully saturated rings. The van der Waals surface area contributed by atoms with Crippen LogP contribution in [0.15, 0.2) is 35.7 Å². The molecule has 0 N–H and O–H groups in total. The Kier molecular flexibility index (Phi) is 3.78. The third kappa shape index (κ3) is 2.64. The van der Waals surface area contributed by atoms with E-state index < -0.39 is 0 Å². The van der Waals surface area contributed by atoms with E-state index in [4.69, 9.17) is 23.2 Å². The van der Waals surface area contributed by atoms with Crippen LogP contribution in [-0.2, 0) is 13.0 Å². The fourth-order valence-corrected chi connectivity index (χ4v) is 3.19. The highest BCUT2D eigenvalue weighted by Crippen LogP contribution is 2.23. The van der Waals surface area contributed by atoms with Crippen molar-refractivity contribution < 1.29 is 0 Å². The van der Waals surface area contributed by atoms with E-state index in [1.165, 1.54) is 4.88 Å². The van der Waals surface area contributed by atoms with Crippen molar-refractivity contribution in [3.05, 3.63) is 51.4 Å². The molecule has 0 radical (unpaired) electrons. The molecule has 2 heterocycles. The van der Waals surface area contributed by atoms with Crippen molar-refractivity contribution in [2.45, 2.75) is 13.0 Å². The van der Waals surface area contributed by atoms with E-state index in [-0.39, 0.29) is 0 Å². The van der Waals surface area contributed by atoms with Crippen LogP contribution in [0.5, 0.6) is 0 Å². The molecule has 5 heteroatoms. The lowest BCUT2D eigenvalue weighted by molar-refractivity contribution is 0.763. The normalized spacial score (nSPS) is 11.3. The summed E-state index contributed by atoms with van der Waals surface area (Å²) in [6.45, 7) is 0.835. The summed E-state index contributed by atoms with van der Waals surface area (Å²) in [4.78, 5) is 5.95. The molecule has 0 unspecified atom stereocenters. The summed E-state index contributed by atoms with van der Waals surface area (Å²) in [5.41, 5.74) is 2.04. The second-order valence-corrected chi connectivity index (χ2v) is 6.11. The zero-order valence-corrected chi connectivity index (χ0v) is 12.5. The summed E-state index contributed by atoms with van der Waals surface area (Å²) >= 11 is 13.7. The Bertz CT molecular complexity index is 689. The van der Waals surface area contributed by atoms with Gasteiger partial charge in [0, 0.05) is 22.2 Å². The van der Waals surface area contributed by atoms with Gasteiger partial charge >= 0.3 is 0 Å². The highest BCUT2D eigenvalue weighted by molar-refractivity contribution is 7.09. The van der Waals surface area contributed by atoms with Crippen LogP contribution in [-0.4, -0.2) is 15.4 Å². The number of halogens is 2. The number of fused-ring (bicyclic) bond motifs is 1. The predicted molar refractivity (Wildman–Crippen MR) is 82.6 cm³/mol. The van der Waals surface area contributed by atoms with E-state index in [0.717, 1.165) is 29.8 Å². The maximum Gasteiger partial charge on any atom is 0.111 e. The van der Waals surface area contributed by atoms with Crippen molar-refractivity contribution in [3.63, 3.8) is 0 Å². The molecule has 2 aromatic heterocycles. The van der Waals surface area contributed by atoms with Crippen LogP contribution in [0.2, 0.25) is 5.02 Å². The molecule has 0 spiro atoms. The fraction of sp³-hybridized carbons (Fsp3) is 0.214. The number of aryl methyl sites for hydroxylation is 1. The van der Waals surface area contributed by atoms with Gasteiger partial charge in [-0.1, -0.05) is 17.7 Å². The number of aromatic nitrogens is 2. The van der Waals surface area contributed by atoms with Crippen LogP contribution in [0.25, 0.3) is 11.0 Å². The van der Waals surface area contributed by atoms with Gasteiger partial charge in [-0.25, -0.2) is 4.98 Å². The zero-order chi connectivity index (χ0) is 13.2. The van der Waals surface area contributed by atoms with E-state index in [9.17, 15) is 0 Å². The van der Waals surface area contributed by atoms with E-state index in [1.54, 1.807) is 11.3 Å². The first-order chi connectivity index (χ1) is 9.28. The SMILES string of the molecule is ClCCc1nc2cc(Cl)ccc2n1Cc1cccs1. The number of imidazole rings is 1. The fourth-order valence-electron chi connectivity index (χ4n) is 2.16. The molecule has 0 bridgehead atoms. The Balaban J connectivity index is 2.10. The molecular formula is C14H12Cl2N2S. The van der Waals surface area contributed by atoms with Gasteiger partial charge in [-0.2, -0.15) is 0 Å². The van der Waals surface area contributed by atoms with Crippen LogP contribution in [0, 0.1) is 0 Å². The van der Waals surface area contributed by atoms with Gasteiger partial charge in [-0.15, -0.1) is 22.9 Å². The smallest absolute Gasteiger partial charge is 0.111 e. The number of nitrogens with zero attached hydrogens (tertiary/aromatic N) is 2. The van der Waals surface area contributed by atoms with Crippen LogP contribution in [0.4, 0.5) is 0 Å². The maximum absolute atomic E-state index is 6.03. The molecule has 0 aliphatic heterocycles. The van der Waals surface area contributed by atoms with Crippen molar-refractivity contribution in [1.82, 2.24) is 9.55 Å². The largest absolute Gasteiger partial charge is 0.323 e. The Hall–Kier alpha value is -1.03. The van der Waals surface area contributed by atoms with Gasteiger partial charge in [0.2, 0.25) is 0 Å². The Morgan fingerprint density at radius 3 is 2.89 bits per heavy atom. The van der Waals surface area contributed by atoms with E-state index in [0.29, 0.717) is 10.9 Å². The van der Waals surface area contributed by atoms with Crippen molar-refractivity contribution >= 4 is 45.6 Å². The molecule has 0 saturated carbocycles. The minimum atomic E-state index is 0.571. The molecule has 0 amide bonds. The van der Waals surface area contributed by atoms with Gasteiger partial charge in [0.25, 0.3) is 0 Å². The number of thiophene rings is 1. The number of rotatable bonds is 4. The summed E-state index contributed by atoms with van der Waals surface area (Å²) in [6, 6.07) is 10.0. The number of hydrogen-bond acceptors (Lipinski definition) is 2. The van der Waals surface area contributed by atoms with Crippen molar-refractivity contribution in [2.75, 3.05) is 5.88 Å². The maximum atomic E-state index is 6.03. The number of hydrogen-bond donors (Lipinski definition) is 0. The molecule has 0 atom stereocenters. The summed E-state index contributed by atoms with van der Waals surface area (Å²) in [6.07, 6.45) is 0.763. The van der Waals surface area contributed by atoms with Crippen LogP contribution in [0.3, 0.4) is 0 Å². The third-order valence-electron chi connectivity index (χ3n) is 3.00. The quantitative estimate of drug-likeness (QED) is 0.645. The molecule has 0 saturated heterocycles. The topological polar surface area (TPSA) is 17.8 Å². The summed E-state index contributed by atoms with van der Waals surface area (Å²) in [7, 11) is 0. The Labute approximate surface area is 125 Å². The minimum Gasteiger partial charge on any atom is -0.323 e. The summed E-state index contributed by atoms with van der Waals surface area (Å²) in [5.74, 6) is 1.59. The second-order valence-electron chi connectivity index (χ2n) is 4.27. The monoisotopic (exact) mass is 310 g/mol. The molecule has 0 aliphatic rings. The van der Waals surface area contributed by atoms with E-state index >= 15 is 0 Å². The van der Waals surface area contributed by atoms with Crippen LogP contribution < -0.4 is 0 Å². The Morgan fingerprint density at radius 2 is 2.16 bits per heavy atom. The van der Waals surface area contributed by atoms with Crippen LogP contribution in [0.1, 0.15) is 10.7 Å². The molecule has 19 heavy (non-hydrogen) atoms. The second kappa shape index (κ2) is 5.53. The van der Waals surface area contributed by atoms with Crippen molar-refractivity contribution in [2.24, 2.45) is 0 Å². The first kappa shape index (κ1) is 13.0.